The Kier molecular flexibility index (Phi) is 5.01. The van der Waals surface area contributed by atoms with Crippen molar-refractivity contribution in [2.75, 3.05) is 13.7 Å². The Bertz CT molecular complexity index is 481. The highest BCUT2D eigenvalue weighted by molar-refractivity contribution is 5.70. The van der Waals surface area contributed by atoms with Gasteiger partial charge in [-0.1, -0.05) is 24.3 Å². The molecule has 0 aliphatic carbocycles. The van der Waals surface area contributed by atoms with Gasteiger partial charge in [0.15, 0.2) is 0 Å². The number of aryl methyl sites for hydroxylation is 1. The van der Waals surface area contributed by atoms with E-state index >= 15 is 0 Å². The van der Waals surface area contributed by atoms with Crippen LogP contribution in [-0.4, -0.2) is 30.3 Å². The van der Waals surface area contributed by atoms with Crippen molar-refractivity contribution in [1.82, 2.24) is 5.32 Å². The van der Waals surface area contributed by atoms with E-state index in [2.05, 4.69) is 43.4 Å². The second-order valence-corrected chi connectivity index (χ2v) is 6.44. The quantitative estimate of drug-likeness (QED) is 0.846. The van der Waals surface area contributed by atoms with Gasteiger partial charge in [0.25, 0.3) is 0 Å². The van der Waals surface area contributed by atoms with Gasteiger partial charge in [-0.3, -0.25) is 4.79 Å². The fourth-order valence-corrected chi connectivity index (χ4v) is 2.64. The Morgan fingerprint density at radius 1 is 1.38 bits per heavy atom. The van der Waals surface area contributed by atoms with Gasteiger partial charge in [-0.25, -0.2) is 0 Å². The minimum Gasteiger partial charge on any atom is -0.481 e. The number of rotatable bonds is 6. The van der Waals surface area contributed by atoms with Crippen LogP contribution < -0.4 is 5.32 Å². The number of benzene rings is 1. The fourth-order valence-electron chi connectivity index (χ4n) is 2.64. The molecular weight excluding hydrogens is 266 g/mol. The topological polar surface area (TPSA) is 58.6 Å². The largest absolute Gasteiger partial charge is 0.481 e. The summed E-state index contributed by atoms with van der Waals surface area (Å²) in [5, 5.41) is 12.3. The van der Waals surface area contributed by atoms with Crippen LogP contribution in [0.3, 0.4) is 0 Å². The van der Waals surface area contributed by atoms with Crippen LogP contribution in [0.25, 0.3) is 0 Å². The second kappa shape index (κ2) is 6.58. The van der Waals surface area contributed by atoms with Crippen molar-refractivity contribution in [3.63, 3.8) is 0 Å². The van der Waals surface area contributed by atoms with Crippen molar-refractivity contribution in [1.29, 1.82) is 0 Å². The van der Waals surface area contributed by atoms with Crippen LogP contribution in [0, 0.1) is 5.92 Å². The third kappa shape index (κ3) is 4.29. The maximum absolute atomic E-state index is 11.0. The van der Waals surface area contributed by atoms with E-state index in [0.717, 1.165) is 12.8 Å². The van der Waals surface area contributed by atoms with E-state index in [1.54, 1.807) is 7.11 Å². The third-order valence-corrected chi connectivity index (χ3v) is 4.43. The molecule has 4 heteroatoms. The monoisotopic (exact) mass is 291 g/mol. The lowest BCUT2D eigenvalue weighted by molar-refractivity contribution is -0.141. The summed E-state index contributed by atoms with van der Waals surface area (Å²) >= 11 is 0. The van der Waals surface area contributed by atoms with Crippen molar-refractivity contribution in [2.45, 2.75) is 44.8 Å². The van der Waals surface area contributed by atoms with E-state index in [4.69, 9.17) is 9.84 Å². The molecule has 1 aromatic carbocycles. The van der Waals surface area contributed by atoms with Gasteiger partial charge in [0.2, 0.25) is 0 Å². The average Bonchev–Trinajstić information content (AvgIpc) is 2.96. The molecule has 1 saturated heterocycles. The van der Waals surface area contributed by atoms with Gasteiger partial charge in [0.1, 0.15) is 0 Å². The first kappa shape index (κ1) is 16.0. The molecule has 21 heavy (non-hydrogen) atoms. The predicted octanol–water partition coefficient (Wildman–Crippen LogP) is 2.78. The molecule has 4 nitrogen and oxygen atoms in total. The van der Waals surface area contributed by atoms with Crippen LogP contribution in [0.15, 0.2) is 24.3 Å². The molecule has 0 radical (unpaired) electrons. The average molecular weight is 291 g/mol. The van der Waals surface area contributed by atoms with Crippen LogP contribution in [0.2, 0.25) is 0 Å². The Labute approximate surface area is 126 Å². The Hall–Kier alpha value is -1.39. The molecule has 0 spiro atoms. The molecule has 2 unspecified atom stereocenters. The number of carbonyl (C=O) groups is 1. The molecular formula is C17H25NO3. The van der Waals surface area contributed by atoms with Crippen LogP contribution in [0.4, 0.5) is 0 Å². The summed E-state index contributed by atoms with van der Waals surface area (Å²) in [6.07, 6.45) is 2.63. The molecule has 1 aromatic rings. The number of hydrogen-bond acceptors (Lipinski definition) is 3. The summed E-state index contributed by atoms with van der Waals surface area (Å²) in [6.45, 7) is 4.75. The molecule has 116 valence electrons. The van der Waals surface area contributed by atoms with Gasteiger partial charge < -0.3 is 15.2 Å². The third-order valence-electron chi connectivity index (χ3n) is 4.43. The standard InChI is InChI=1S/C17H25NO3/c1-17(2,21-3)9-8-12-4-6-13(7-5-12)15-10-14(11-18-15)16(19)20/h4-7,14-15,18H,8-11H2,1-3H3,(H,19,20). The van der Waals surface area contributed by atoms with E-state index in [1.165, 1.54) is 11.1 Å². The molecule has 2 rings (SSSR count). The lowest BCUT2D eigenvalue weighted by Crippen LogP contribution is -2.23. The van der Waals surface area contributed by atoms with Crippen molar-refractivity contribution in [3.05, 3.63) is 35.4 Å². The molecule has 2 N–H and O–H groups in total. The number of carboxylic acid groups (broad SMARTS) is 1. The Morgan fingerprint density at radius 2 is 2.05 bits per heavy atom. The number of hydrogen-bond donors (Lipinski definition) is 2. The summed E-state index contributed by atoms with van der Waals surface area (Å²) < 4.78 is 5.43. The number of methoxy groups -OCH3 is 1. The zero-order valence-corrected chi connectivity index (χ0v) is 13.1. The minimum atomic E-state index is -0.705. The summed E-state index contributed by atoms with van der Waals surface area (Å²) in [6, 6.07) is 8.65. The molecule has 1 aliphatic heterocycles. The van der Waals surface area contributed by atoms with E-state index in [9.17, 15) is 4.79 Å². The van der Waals surface area contributed by atoms with E-state index in [0.29, 0.717) is 13.0 Å². The molecule has 0 amide bonds. The van der Waals surface area contributed by atoms with E-state index in [-0.39, 0.29) is 17.6 Å². The number of carboxylic acids is 1. The Balaban J connectivity index is 1.92. The highest BCUT2D eigenvalue weighted by Crippen LogP contribution is 2.27. The summed E-state index contributed by atoms with van der Waals surface area (Å²) in [4.78, 5) is 11.0. The first-order chi connectivity index (χ1) is 9.91. The molecule has 0 saturated carbocycles. The first-order valence-corrected chi connectivity index (χ1v) is 7.51. The predicted molar refractivity (Wildman–Crippen MR) is 82.3 cm³/mol. The second-order valence-electron chi connectivity index (χ2n) is 6.44. The molecule has 1 heterocycles. The minimum absolute atomic E-state index is 0.0968. The van der Waals surface area contributed by atoms with Gasteiger partial charge in [0.05, 0.1) is 11.5 Å². The molecule has 0 bridgehead atoms. The highest BCUT2D eigenvalue weighted by Gasteiger charge is 2.29. The summed E-state index contributed by atoms with van der Waals surface area (Å²) in [5.74, 6) is -0.972. The maximum Gasteiger partial charge on any atom is 0.307 e. The van der Waals surface area contributed by atoms with Gasteiger partial charge >= 0.3 is 5.97 Å². The molecule has 0 aromatic heterocycles. The number of ether oxygens (including phenoxy) is 1. The zero-order chi connectivity index (χ0) is 15.5. The lowest BCUT2D eigenvalue weighted by atomic mass is 9.95. The first-order valence-electron chi connectivity index (χ1n) is 7.51. The fraction of sp³-hybridized carbons (Fsp3) is 0.588. The smallest absolute Gasteiger partial charge is 0.307 e. The highest BCUT2D eigenvalue weighted by atomic mass is 16.5. The summed E-state index contributed by atoms with van der Waals surface area (Å²) in [7, 11) is 1.74. The van der Waals surface area contributed by atoms with Crippen molar-refractivity contribution in [3.8, 4) is 0 Å². The molecule has 2 atom stereocenters. The van der Waals surface area contributed by atoms with Gasteiger partial charge in [0, 0.05) is 19.7 Å². The number of aliphatic carboxylic acids is 1. The van der Waals surface area contributed by atoms with Crippen molar-refractivity contribution >= 4 is 5.97 Å². The van der Waals surface area contributed by atoms with Crippen molar-refractivity contribution in [2.24, 2.45) is 5.92 Å². The summed E-state index contributed by atoms with van der Waals surface area (Å²) in [5.41, 5.74) is 2.37. The lowest BCUT2D eigenvalue weighted by Gasteiger charge is -2.22. The van der Waals surface area contributed by atoms with Crippen LogP contribution in [-0.2, 0) is 16.0 Å². The van der Waals surface area contributed by atoms with Crippen molar-refractivity contribution < 1.29 is 14.6 Å². The zero-order valence-electron chi connectivity index (χ0n) is 13.1. The molecule has 1 aliphatic rings. The SMILES string of the molecule is COC(C)(C)CCc1ccc(C2CC(C(=O)O)CN2)cc1. The normalized spacial score (nSPS) is 22.4. The van der Waals surface area contributed by atoms with Crippen LogP contribution in [0.5, 0.6) is 0 Å². The van der Waals surface area contributed by atoms with E-state index < -0.39 is 5.97 Å². The molecule has 1 fully saturated rings. The van der Waals surface area contributed by atoms with Gasteiger partial charge in [-0.15, -0.1) is 0 Å². The van der Waals surface area contributed by atoms with E-state index in [1.807, 2.05) is 0 Å². The van der Waals surface area contributed by atoms with Crippen LogP contribution >= 0.6 is 0 Å². The number of nitrogens with one attached hydrogen (secondary N) is 1. The van der Waals surface area contributed by atoms with Gasteiger partial charge in [-0.2, -0.15) is 0 Å². The van der Waals surface area contributed by atoms with Gasteiger partial charge in [-0.05, 0) is 44.2 Å². The Morgan fingerprint density at radius 3 is 2.57 bits per heavy atom. The van der Waals surface area contributed by atoms with Crippen LogP contribution in [0.1, 0.15) is 43.9 Å². The maximum atomic E-state index is 11.0.